The van der Waals surface area contributed by atoms with Crippen molar-refractivity contribution in [3.05, 3.63) is 87.4 Å². The van der Waals surface area contributed by atoms with Gasteiger partial charge in [0.1, 0.15) is 17.2 Å². The number of phenolic OH excluding ortho intramolecular Hbond substituents is 1. The number of esters is 1. The molecule has 122 valence electrons. The first-order valence-electron chi connectivity index (χ1n) is 7.74. The van der Waals surface area contributed by atoms with Gasteiger partial charge in [-0.1, -0.05) is 40.2 Å². The van der Waals surface area contributed by atoms with Crippen molar-refractivity contribution < 1.29 is 19.4 Å². The molecule has 25 heavy (non-hydrogen) atoms. The lowest BCUT2D eigenvalue weighted by atomic mass is 9.78. The second-order valence-electron chi connectivity index (χ2n) is 6.04. The quantitative estimate of drug-likeness (QED) is 0.560. The first-order chi connectivity index (χ1) is 12.1. The fraction of sp³-hybridized carbons (Fsp3) is 0.0500. The fourth-order valence-electron chi connectivity index (χ4n) is 3.64. The molecule has 0 aromatic heterocycles. The van der Waals surface area contributed by atoms with Crippen LogP contribution in [0.3, 0.4) is 0 Å². The normalized spacial score (nSPS) is 19.6. The summed E-state index contributed by atoms with van der Waals surface area (Å²) in [5.41, 5.74) is 1.67. The molecule has 5 rings (SSSR count). The topological polar surface area (TPSA) is 55.8 Å². The molecule has 4 nitrogen and oxygen atoms in total. The summed E-state index contributed by atoms with van der Waals surface area (Å²) in [6, 6.07) is 17.9. The zero-order chi connectivity index (χ0) is 17.2. The average Bonchev–Trinajstić information content (AvgIpc) is 2.88. The Balaban J connectivity index is 1.91. The smallest absolute Gasteiger partial charge is 0.340 e. The number of para-hydroxylation sites is 1. The van der Waals surface area contributed by atoms with Crippen molar-refractivity contribution in [2.75, 3.05) is 0 Å². The van der Waals surface area contributed by atoms with Gasteiger partial charge in [-0.15, -0.1) is 0 Å². The van der Waals surface area contributed by atoms with E-state index in [-0.39, 0.29) is 11.7 Å². The van der Waals surface area contributed by atoms with Crippen LogP contribution in [-0.2, 0) is 10.3 Å². The van der Waals surface area contributed by atoms with Crippen LogP contribution in [0.5, 0.6) is 17.2 Å². The molecule has 1 spiro atoms. The number of carbonyl (C=O) groups excluding carboxylic acids is 1. The summed E-state index contributed by atoms with van der Waals surface area (Å²) in [5.74, 6) is 0.784. The molecule has 0 fully saturated rings. The standard InChI is InChI=1S/C20H11BrO4/c21-11-5-7-14-13(9-11)19(23)25-20(14)15-3-1-2-4-17(15)24-18-10-12(22)6-8-16(18)20/h1-10,22H. The number of benzene rings is 3. The molecule has 2 aliphatic heterocycles. The van der Waals surface area contributed by atoms with E-state index in [0.717, 1.165) is 15.6 Å². The van der Waals surface area contributed by atoms with Crippen molar-refractivity contribution in [1.82, 2.24) is 0 Å². The Bertz CT molecular complexity index is 1060. The lowest BCUT2D eigenvalue weighted by molar-refractivity contribution is 0.0224. The zero-order valence-electron chi connectivity index (χ0n) is 12.8. The minimum absolute atomic E-state index is 0.0913. The van der Waals surface area contributed by atoms with Gasteiger partial charge in [-0.05, 0) is 30.3 Å². The first kappa shape index (κ1) is 14.5. The third-order valence-corrected chi connectivity index (χ3v) is 5.15. The summed E-state index contributed by atoms with van der Waals surface area (Å²) in [4.78, 5) is 12.6. The molecule has 0 saturated carbocycles. The third kappa shape index (κ3) is 1.84. The van der Waals surface area contributed by atoms with Crippen LogP contribution in [0.2, 0.25) is 0 Å². The van der Waals surface area contributed by atoms with Gasteiger partial charge >= 0.3 is 5.97 Å². The van der Waals surface area contributed by atoms with Gasteiger partial charge in [-0.3, -0.25) is 0 Å². The van der Waals surface area contributed by atoms with E-state index < -0.39 is 5.60 Å². The number of ether oxygens (including phenoxy) is 2. The number of fused-ring (bicyclic) bond motifs is 6. The summed E-state index contributed by atoms with van der Waals surface area (Å²) in [7, 11) is 0. The Labute approximate surface area is 151 Å². The number of halogens is 1. The number of phenols is 1. The Morgan fingerprint density at radius 2 is 1.64 bits per heavy atom. The van der Waals surface area contributed by atoms with E-state index in [4.69, 9.17) is 9.47 Å². The Kier molecular flexibility index (Phi) is 2.83. The monoisotopic (exact) mass is 394 g/mol. The van der Waals surface area contributed by atoms with Crippen molar-refractivity contribution in [2.24, 2.45) is 0 Å². The highest BCUT2D eigenvalue weighted by Gasteiger charge is 2.53. The number of hydrogen-bond donors (Lipinski definition) is 1. The molecule has 2 heterocycles. The molecule has 3 aromatic carbocycles. The van der Waals surface area contributed by atoms with E-state index in [1.165, 1.54) is 6.07 Å². The number of carbonyl (C=O) groups is 1. The highest BCUT2D eigenvalue weighted by molar-refractivity contribution is 9.10. The maximum Gasteiger partial charge on any atom is 0.340 e. The molecule has 2 aliphatic rings. The second-order valence-corrected chi connectivity index (χ2v) is 6.95. The van der Waals surface area contributed by atoms with Gasteiger partial charge < -0.3 is 14.6 Å². The summed E-state index contributed by atoms with van der Waals surface area (Å²) >= 11 is 3.41. The van der Waals surface area contributed by atoms with E-state index in [2.05, 4.69) is 15.9 Å². The molecule has 1 N–H and O–H groups in total. The molecular formula is C20H11BrO4. The second kappa shape index (κ2) is 4.86. The number of aromatic hydroxyl groups is 1. The number of hydrogen-bond acceptors (Lipinski definition) is 4. The number of rotatable bonds is 0. The van der Waals surface area contributed by atoms with Crippen molar-refractivity contribution in [2.45, 2.75) is 5.60 Å². The minimum Gasteiger partial charge on any atom is -0.508 e. The van der Waals surface area contributed by atoms with E-state index in [1.54, 1.807) is 18.2 Å². The molecule has 0 radical (unpaired) electrons. The maximum absolute atomic E-state index is 12.6. The summed E-state index contributed by atoms with van der Waals surface area (Å²) in [6.07, 6.45) is 0. The van der Waals surface area contributed by atoms with E-state index >= 15 is 0 Å². The molecule has 3 aromatic rings. The van der Waals surface area contributed by atoms with Crippen molar-refractivity contribution in [3.8, 4) is 17.2 Å². The maximum atomic E-state index is 12.6. The van der Waals surface area contributed by atoms with E-state index in [0.29, 0.717) is 22.6 Å². The fourth-order valence-corrected chi connectivity index (χ4v) is 4.00. The van der Waals surface area contributed by atoms with Gasteiger partial charge in [0.15, 0.2) is 5.60 Å². The Morgan fingerprint density at radius 1 is 0.880 bits per heavy atom. The van der Waals surface area contributed by atoms with Gasteiger partial charge in [-0.2, -0.15) is 0 Å². The molecule has 5 heteroatoms. The highest BCUT2D eigenvalue weighted by Crippen LogP contribution is 2.56. The van der Waals surface area contributed by atoms with Gasteiger partial charge in [0.2, 0.25) is 0 Å². The summed E-state index contributed by atoms with van der Waals surface area (Å²) < 4.78 is 12.8. The zero-order valence-corrected chi connectivity index (χ0v) is 14.4. The van der Waals surface area contributed by atoms with Crippen LogP contribution >= 0.6 is 15.9 Å². The van der Waals surface area contributed by atoms with Crippen LogP contribution in [0.4, 0.5) is 0 Å². The van der Waals surface area contributed by atoms with Crippen molar-refractivity contribution in [3.63, 3.8) is 0 Å². The molecule has 0 bridgehead atoms. The van der Waals surface area contributed by atoms with E-state index in [1.807, 2.05) is 36.4 Å². The van der Waals surface area contributed by atoms with Crippen LogP contribution in [-0.4, -0.2) is 11.1 Å². The predicted octanol–water partition coefficient (Wildman–Crippen LogP) is 4.72. The van der Waals surface area contributed by atoms with Gasteiger partial charge in [0, 0.05) is 27.2 Å². The summed E-state index contributed by atoms with van der Waals surface area (Å²) in [5, 5.41) is 9.86. The van der Waals surface area contributed by atoms with Crippen LogP contribution in [0, 0.1) is 0 Å². The Morgan fingerprint density at radius 3 is 2.52 bits per heavy atom. The molecule has 1 atom stereocenters. The van der Waals surface area contributed by atoms with Crippen molar-refractivity contribution in [1.29, 1.82) is 0 Å². The van der Waals surface area contributed by atoms with Crippen LogP contribution in [0.15, 0.2) is 65.1 Å². The van der Waals surface area contributed by atoms with Gasteiger partial charge in [-0.25, -0.2) is 4.79 Å². The lowest BCUT2D eigenvalue weighted by Crippen LogP contribution is -2.32. The van der Waals surface area contributed by atoms with Gasteiger partial charge in [0.05, 0.1) is 5.56 Å². The molecule has 0 amide bonds. The molecule has 0 aliphatic carbocycles. The van der Waals surface area contributed by atoms with Crippen LogP contribution in [0.1, 0.15) is 27.0 Å². The Hall–Kier alpha value is -2.79. The first-order valence-corrected chi connectivity index (χ1v) is 8.53. The minimum atomic E-state index is -1.08. The van der Waals surface area contributed by atoms with Gasteiger partial charge in [0.25, 0.3) is 0 Å². The average molecular weight is 395 g/mol. The largest absolute Gasteiger partial charge is 0.508 e. The van der Waals surface area contributed by atoms with Crippen molar-refractivity contribution >= 4 is 21.9 Å². The molecular weight excluding hydrogens is 384 g/mol. The van der Waals surface area contributed by atoms with Crippen LogP contribution < -0.4 is 4.74 Å². The molecule has 0 saturated heterocycles. The lowest BCUT2D eigenvalue weighted by Gasteiger charge is -2.36. The predicted molar refractivity (Wildman–Crippen MR) is 94.1 cm³/mol. The van der Waals surface area contributed by atoms with Crippen LogP contribution in [0.25, 0.3) is 0 Å². The SMILES string of the molecule is O=C1OC2(c3ccccc3Oc3cc(O)ccc32)c2ccc(Br)cc21. The summed E-state index contributed by atoms with van der Waals surface area (Å²) in [6.45, 7) is 0. The van der Waals surface area contributed by atoms with E-state index in [9.17, 15) is 9.90 Å². The highest BCUT2D eigenvalue weighted by atomic mass is 79.9. The molecule has 1 unspecified atom stereocenters. The third-order valence-electron chi connectivity index (χ3n) is 4.66.